The van der Waals surface area contributed by atoms with E-state index in [1.807, 2.05) is 13.0 Å². The number of hydrogen-bond acceptors (Lipinski definition) is 8. The van der Waals surface area contributed by atoms with Crippen LogP contribution in [0.2, 0.25) is 0 Å². The van der Waals surface area contributed by atoms with E-state index >= 15 is 0 Å². The summed E-state index contributed by atoms with van der Waals surface area (Å²) in [4.78, 5) is 31.1. The highest BCUT2D eigenvalue weighted by molar-refractivity contribution is 5.87. The number of fused-ring (bicyclic) bond motifs is 1. The Hall–Kier alpha value is -3.71. The molecule has 1 aliphatic carbocycles. The average molecular weight is 602 g/mol. The first-order valence-electron chi connectivity index (χ1n) is 16.1. The molecule has 0 bridgehead atoms. The van der Waals surface area contributed by atoms with Gasteiger partial charge in [-0.25, -0.2) is 4.39 Å². The smallest absolute Gasteiger partial charge is 0.318 e. The Kier molecular flexibility index (Phi) is 8.77. The van der Waals surface area contributed by atoms with Gasteiger partial charge >= 0.3 is 6.01 Å². The zero-order valence-corrected chi connectivity index (χ0v) is 26.2. The van der Waals surface area contributed by atoms with Crippen molar-refractivity contribution < 1.29 is 13.9 Å². The van der Waals surface area contributed by atoms with Gasteiger partial charge in [0.25, 0.3) is 0 Å². The number of amides is 1. The maximum Gasteiger partial charge on any atom is 0.318 e. The van der Waals surface area contributed by atoms with E-state index in [2.05, 4.69) is 41.3 Å². The van der Waals surface area contributed by atoms with Crippen LogP contribution in [0.3, 0.4) is 0 Å². The van der Waals surface area contributed by atoms with Crippen LogP contribution in [0.5, 0.6) is 6.01 Å². The number of rotatable bonds is 9. The van der Waals surface area contributed by atoms with Crippen LogP contribution < -0.4 is 14.5 Å². The number of halogens is 1. The van der Waals surface area contributed by atoms with Gasteiger partial charge in [0.1, 0.15) is 17.7 Å². The van der Waals surface area contributed by atoms with Crippen LogP contribution in [0, 0.1) is 35.9 Å². The average Bonchev–Trinajstić information content (AvgIpc) is 3.69. The second kappa shape index (κ2) is 12.7. The Balaban J connectivity index is 1.26. The van der Waals surface area contributed by atoms with Crippen LogP contribution >= 0.6 is 0 Å². The first-order valence-corrected chi connectivity index (χ1v) is 16.1. The van der Waals surface area contributed by atoms with E-state index in [0.29, 0.717) is 68.6 Å². The molecule has 44 heavy (non-hydrogen) atoms. The van der Waals surface area contributed by atoms with Gasteiger partial charge in [-0.15, -0.1) is 0 Å². The number of hydrogen-bond donors (Lipinski definition) is 0. The van der Waals surface area contributed by atoms with Crippen molar-refractivity contribution in [2.45, 2.75) is 77.1 Å². The number of likely N-dealkylation sites (tertiary alicyclic amines) is 1. The number of carbonyl (C=O) groups excluding carboxylic acids is 1. The highest BCUT2D eigenvalue weighted by atomic mass is 19.1. The topological polar surface area (TPSA) is 88.8 Å². The molecule has 2 saturated heterocycles. The highest BCUT2D eigenvalue weighted by Gasteiger charge is 2.44. The summed E-state index contributed by atoms with van der Waals surface area (Å²) in [6.45, 7) is 11.6. The Morgan fingerprint density at radius 2 is 2.07 bits per heavy atom. The molecule has 0 spiro atoms. The molecule has 0 radical (unpaired) electrons. The van der Waals surface area contributed by atoms with Gasteiger partial charge in [-0.2, -0.15) is 15.2 Å². The molecule has 1 aromatic heterocycles. The number of aromatic nitrogens is 2. The van der Waals surface area contributed by atoms with Gasteiger partial charge in [0.2, 0.25) is 5.91 Å². The number of nitrogens with zero attached hydrogens (tertiary/aromatic N) is 7. The van der Waals surface area contributed by atoms with Crippen LogP contribution in [0.15, 0.2) is 30.9 Å². The molecule has 6 rings (SSSR count). The van der Waals surface area contributed by atoms with Crippen LogP contribution in [0.4, 0.5) is 15.9 Å². The predicted molar refractivity (Wildman–Crippen MR) is 168 cm³/mol. The van der Waals surface area contributed by atoms with Crippen molar-refractivity contribution in [3.63, 3.8) is 0 Å². The lowest BCUT2D eigenvalue weighted by molar-refractivity contribution is -0.128. The van der Waals surface area contributed by atoms with Crippen molar-refractivity contribution in [2.24, 2.45) is 11.8 Å². The fraction of sp³-hybridized carbons (Fsp3) is 0.588. The summed E-state index contributed by atoms with van der Waals surface area (Å²) in [5.41, 5.74) is 3.44. The molecule has 1 aromatic carbocycles. The largest absolute Gasteiger partial charge is 0.460 e. The van der Waals surface area contributed by atoms with Crippen molar-refractivity contribution in [1.29, 1.82) is 5.26 Å². The molecule has 3 unspecified atom stereocenters. The van der Waals surface area contributed by atoms with Crippen molar-refractivity contribution in [3.8, 4) is 12.1 Å². The van der Waals surface area contributed by atoms with E-state index < -0.39 is 0 Å². The molecule has 3 aliphatic heterocycles. The molecule has 2 aromatic rings. The first-order chi connectivity index (χ1) is 21.3. The number of nitriles is 1. The third-order valence-electron chi connectivity index (χ3n) is 10.3. The third kappa shape index (κ3) is 6.12. The van der Waals surface area contributed by atoms with Crippen LogP contribution in [0.1, 0.15) is 55.8 Å². The van der Waals surface area contributed by atoms with Crippen LogP contribution in [-0.4, -0.2) is 83.6 Å². The molecule has 4 aliphatic rings. The highest BCUT2D eigenvalue weighted by Crippen LogP contribution is 2.47. The molecule has 10 heteroatoms. The van der Waals surface area contributed by atoms with E-state index in [4.69, 9.17) is 14.7 Å². The molecule has 1 amide bonds. The van der Waals surface area contributed by atoms with Crippen LogP contribution in [0.25, 0.3) is 0 Å². The van der Waals surface area contributed by atoms with Crippen molar-refractivity contribution >= 4 is 17.4 Å². The second-order valence-electron chi connectivity index (χ2n) is 13.0. The molecule has 4 heterocycles. The Labute approximate surface area is 260 Å². The zero-order chi connectivity index (χ0) is 31.0. The maximum absolute atomic E-state index is 14.5. The Bertz CT molecular complexity index is 1440. The van der Waals surface area contributed by atoms with E-state index in [-0.39, 0.29) is 30.3 Å². The third-order valence-corrected chi connectivity index (χ3v) is 10.3. The number of ether oxygens (including phenoxy) is 1. The lowest BCUT2D eigenvalue weighted by Gasteiger charge is -2.42. The summed E-state index contributed by atoms with van der Waals surface area (Å²) >= 11 is 0. The summed E-state index contributed by atoms with van der Waals surface area (Å²) in [5, 5.41) is 9.53. The molecule has 5 atom stereocenters. The van der Waals surface area contributed by atoms with Crippen molar-refractivity contribution in [2.75, 3.05) is 49.6 Å². The second-order valence-corrected chi connectivity index (χ2v) is 13.0. The number of carbonyl (C=O) groups is 1. The van der Waals surface area contributed by atoms with Gasteiger partial charge in [-0.05, 0) is 89.6 Å². The first kappa shape index (κ1) is 30.3. The van der Waals surface area contributed by atoms with Crippen LogP contribution in [-0.2, 0) is 17.8 Å². The molecule has 1 saturated carbocycles. The Morgan fingerprint density at radius 1 is 1.23 bits per heavy atom. The SMILES string of the molecule is C=CC(=O)N1CCN(c2nc(O[C@H](C)C3CC3CC3CCCN3C)nc3c2CCN(c2cccc(F)c2C)C3)C[C@@H]1CC#N. The standard InChI is InChI=1S/C34H44FN7O2/c1-5-32(43)42-17-16-41(20-26(42)11-13-36)33-27-12-15-40(31-10-6-9-29(35)22(31)2)21-30(27)37-34(38-33)44-23(3)28-19-24(28)18-25-8-7-14-39(25)4/h5-6,9-10,23-26,28H,1,7-8,11-12,14-21H2,2-4H3/t23-,24?,25?,26+,28?/m1/s1. The van der Waals surface area contributed by atoms with Gasteiger partial charge in [0.15, 0.2) is 0 Å². The van der Waals surface area contributed by atoms with Gasteiger partial charge in [0, 0.05) is 49.0 Å². The molecule has 0 N–H and O–H groups in total. The summed E-state index contributed by atoms with van der Waals surface area (Å²) in [6, 6.07) is 8.24. The summed E-state index contributed by atoms with van der Waals surface area (Å²) in [7, 11) is 2.24. The lowest BCUT2D eigenvalue weighted by atomic mass is 10.0. The van der Waals surface area contributed by atoms with Gasteiger partial charge < -0.3 is 24.3 Å². The summed E-state index contributed by atoms with van der Waals surface area (Å²) in [6.07, 6.45) is 7.21. The minimum atomic E-state index is -0.260. The quantitative estimate of drug-likeness (QED) is 0.389. The molecular formula is C34H44FN7O2. The minimum Gasteiger partial charge on any atom is -0.460 e. The monoisotopic (exact) mass is 601 g/mol. The van der Waals surface area contributed by atoms with E-state index in [1.54, 1.807) is 11.0 Å². The summed E-state index contributed by atoms with van der Waals surface area (Å²) < 4.78 is 21.0. The lowest BCUT2D eigenvalue weighted by Crippen LogP contribution is -2.55. The molecule has 9 nitrogen and oxygen atoms in total. The zero-order valence-electron chi connectivity index (χ0n) is 26.2. The number of piperazine rings is 1. The molecular weight excluding hydrogens is 557 g/mol. The van der Waals surface area contributed by atoms with E-state index in [0.717, 1.165) is 22.8 Å². The Morgan fingerprint density at radius 3 is 2.82 bits per heavy atom. The van der Waals surface area contributed by atoms with Gasteiger partial charge in [0.05, 0.1) is 30.8 Å². The number of benzene rings is 1. The van der Waals surface area contributed by atoms with Crippen molar-refractivity contribution in [3.05, 3.63) is 53.5 Å². The van der Waals surface area contributed by atoms with Gasteiger partial charge in [-0.3, -0.25) is 4.79 Å². The van der Waals surface area contributed by atoms with Crippen molar-refractivity contribution in [1.82, 2.24) is 19.8 Å². The molecule has 3 fully saturated rings. The predicted octanol–water partition coefficient (Wildman–Crippen LogP) is 4.49. The normalized spacial score (nSPS) is 25.8. The summed E-state index contributed by atoms with van der Waals surface area (Å²) in [5.74, 6) is 1.61. The fourth-order valence-electron chi connectivity index (χ4n) is 7.58. The van der Waals surface area contributed by atoms with Gasteiger partial charge in [-0.1, -0.05) is 12.6 Å². The molecule has 234 valence electrons. The van der Waals surface area contributed by atoms with E-state index in [9.17, 15) is 14.4 Å². The minimum absolute atomic E-state index is 0.00355. The maximum atomic E-state index is 14.5. The van der Waals surface area contributed by atoms with E-state index in [1.165, 1.54) is 44.4 Å². The number of anilines is 2. The fourth-order valence-corrected chi connectivity index (χ4v) is 7.58.